The van der Waals surface area contributed by atoms with Gasteiger partial charge in [0.15, 0.2) is 0 Å². The molecule has 1 atom stereocenters. The van der Waals surface area contributed by atoms with E-state index in [0.29, 0.717) is 40.6 Å². The molecule has 45 heavy (non-hydrogen) atoms. The first-order chi connectivity index (χ1) is 21.4. The van der Waals surface area contributed by atoms with Gasteiger partial charge in [0.05, 0.1) is 42.1 Å². The molecule has 0 radical (unpaired) electrons. The molecule has 1 heterocycles. The molecule has 0 fully saturated rings. The van der Waals surface area contributed by atoms with Gasteiger partial charge in [-0.15, -0.1) is 5.10 Å². The van der Waals surface area contributed by atoms with E-state index in [-0.39, 0.29) is 11.6 Å². The summed E-state index contributed by atoms with van der Waals surface area (Å²) in [5.41, 5.74) is -1.83. The second-order valence-corrected chi connectivity index (χ2v) is 12.0. The van der Waals surface area contributed by atoms with Crippen molar-refractivity contribution in [3.8, 4) is 5.69 Å². The molecule has 0 amide bonds. The van der Waals surface area contributed by atoms with Gasteiger partial charge in [-0.1, -0.05) is 47.7 Å². The molecule has 1 unspecified atom stereocenters. The van der Waals surface area contributed by atoms with Gasteiger partial charge in [0.25, 0.3) is 0 Å². The standard InChI is InChI=1S/C32H28F2N3O7P/c1-43-30(38)23-10-7-20(8-11-23)17-25(22-12-14-24(15-13-22)31(39)44-2)18-21-9-16-26(32(33,34)45(40,41)42)29(19-21)37-28-6-4-3-5-27(28)35-36-37/h3-16,19,25H,17-18H2,1-2H3,(H2,40,41,42). The van der Waals surface area contributed by atoms with Gasteiger partial charge < -0.3 is 19.3 Å². The van der Waals surface area contributed by atoms with Crippen molar-refractivity contribution in [2.45, 2.75) is 24.4 Å². The van der Waals surface area contributed by atoms with E-state index >= 15 is 8.78 Å². The predicted molar refractivity (Wildman–Crippen MR) is 161 cm³/mol. The van der Waals surface area contributed by atoms with E-state index in [4.69, 9.17) is 9.47 Å². The number of nitrogens with zero attached hydrogens (tertiary/aromatic N) is 3. The third-order valence-corrected chi connectivity index (χ3v) is 8.45. The Hall–Kier alpha value is -4.77. The highest BCUT2D eigenvalue weighted by Crippen LogP contribution is 2.60. The van der Waals surface area contributed by atoms with Gasteiger partial charge in [-0.2, -0.15) is 8.78 Å². The van der Waals surface area contributed by atoms with Crippen LogP contribution in [0.2, 0.25) is 0 Å². The van der Waals surface area contributed by atoms with Crippen LogP contribution in [0, 0.1) is 0 Å². The van der Waals surface area contributed by atoms with Crippen molar-refractivity contribution in [1.29, 1.82) is 0 Å². The molecule has 5 rings (SSSR count). The monoisotopic (exact) mass is 635 g/mol. The highest BCUT2D eigenvalue weighted by atomic mass is 31.2. The van der Waals surface area contributed by atoms with E-state index in [9.17, 15) is 23.9 Å². The number of hydrogen-bond donors (Lipinski definition) is 2. The van der Waals surface area contributed by atoms with Crippen LogP contribution < -0.4 is 0 Å². The van der Waals surface area contributed by atoms with Crippen molar-refractivity contribution >= 4 is 30.6 Å². The number of aromatic nitrogens is 3. The van der Waals surface area contributed by atoms with E-state index in [1.54, 1.807) is 72.8 Å². The second-order valence-electron chi connectivity index (χ2n) is 10.3. The van der Waals surface area contributed by atoms with Crippen LogP contribution in [-0.2, 0) is 32.5 Å². The lowest BCUT2D eigenvalue weighted by Gasteiger charge is -2.23. The Labute approximate surface area is 256 Å². The largest absolute Gasteiger partial charge is 0.465 e. The van der Waals surface area contributed by atoms with E-state index in [2.05, 4.69) is 10.3 Å². The van der Waals surface area contributed by atoms with E-state index in [1.165, 1.54) is 26.4 Å². The van der Waals surface area contributed by atoms with Gasteiger partial charge in [-0.05, 0) is 84.0 Å². The summed E-state index contributed by atoms with van der Waals surface area (Å²) in [5.74, 6) is -1.23. The second kappa shape index (κ2) is 12.7. The first-order valence-electron chi connectivity index (χ1n) is 13.7. The lowest BCUT2D eigenvalue weighted by molar-refractivity contribution is 0.0563. The normalized spacial score (nSPS) is 12.6. The first-order valence-corrected chi connectivity index (χ1v) is 15.3. The van der Waals surface area contributed by atoms with Crippen molar-refractivity contribution in [2.75, 3.05) is 14.2 Å². The molecule has 1 aromatic heterocycles. The molecular weight excluding hydrogens is 607 g/mol. The number of carbonyl (C=O) groups excluding carboxylic acids is 2. The zero-order valence-electron chi connectivity index (χ0n) is 24.1. The van der Waals surface area contributed by atoms with E-state index in [0.717, 1.165) is 21.9 Å². The maximum Gasteiger partial charge on any atom is 0.399 e. The van der Waals surface area contributed by atoms with Gasteiger partial charge in [0, 0.05) is 0 Å². The van der Waals surface area contributed by atoms with Crippen molar-refractivity contribution in [2.24, 2.45) is 0 Å². The molecule has 0 saturated carbocycles. The number of carbonyl (C=O) groups is 2. The average molecular weight is 636 g/mol. The lowest BCUT2D eigenvalue weighted by atomic mass is 9.85. The number of halogens is 2. The molecule has 4 aromatic carbocycles. The smallest absolute Gasteiger partial charge is 0.399 e. The van der Waals surface area contributed by atoms with Crippen molar-refractivity contribution in [3.63, 3.8) is 0 Å². The zero-order valence-corrected chi connectivity index (χ0v) is 25.0. The fourth-order valence-electron chi connectivity index (χ4n) is 5.12. The third-order valence-electron chi connectivity index (χ3n) is 7.47. The number of ether oxygens (including phenoxy) is 2. The Kier molecular flexibility index (Phi) is 8.92. The molecule has 0 saturated heterocycles. The molecule has 0 bridgehead atoms. The van der Waals surface area contributed by atoms with Crippen LogP contribution in [0.5, 0.6) is 0 Å². The Bertz CT molecular complexity index is 1900. The Morgan fingerprint density at radius 3 is 2.00 bits per heavy atom. The Morgan fingerprint density at radius 2 is 1.40 bits per heavy atom. The summed E-state index contributed by atoms with van der Waals surface area (Å²) in [7, 11) is -3.33. The minimum absolute atomic E-state index is 0.225. The molecule has 0 spiro atoms. The molecule has 0 aliphatic heterocycles. The van der Waals surface area contributed by atoms with Crippen LogP contribution in [0.4, 0.5) is 8.78 Å². The number of rotatable bonds is 10. The van der Waals surface area contributed by atoms with Crippen LogP contribution in [0.25, 0.3) is 16.7 Å². The van der Waals surface area contributed by atoms with Gasteiger partial charge >= 0.3 is 25.2 Å². The maximum absolute atomic E-state index is 15.2. The summed E-state index contributed by atoms with van der Waals surface area (Å²) in [4.78, 5) is 43.1. The Balaban J connectivity index is 1.59. The summed E-state index contributed by atoms with van der Waals surface area (Å²) in [6.45, 7) is 0. The van der Waals surface area contributed by atoms with Crippen LogP contribution >= 0.6 is 7.60 Å². The minimum atomic E-state index is -5.91. The number of esters is 2. The van der Waals surface area contributed by atoms with Crippen molar-refractivity contribution < 1.29 is 42.2 Å². The number of benzene rings is 4. The number of para-hydroxylation sites is 1. The topological polar surface area (TPSA) is 141 Å². The molecule has 232 valence electrons. The third kappa shape index (κ3) is 6.53. The SMILES string of the molecule is COC(=O)c1ccc(CC(Cc2ccc(C(F)(F)P(=O)(O)O)c(-n3nnc4ccccc43)c2)c2ccc(C(=O)OC)cc2)cc1. The fourth-order valence-corrected chi connectivity index (χ4v) is 5.62. The van der Waals surface area contributed by atoms with Crippen LogP contribution in [0.3, 0.4) is 0 Å². The van der Waals surface area contributed by atoms with Crippen molar-refractivity contribution in [3.05, 3.63) is 124 Å². The average Bonchev–Trinajstić information content (AvgIpc) is 3.47. The van der Waals surface area contributed by atoms with E-state index < -0.39 is 30.8 Å². The molecule has 5 aromatic rings. The molecule has 0 aliphatic rings. The first kappa shape index (κ1) is 31.6. The quantitative estimate of drug-likeness (QED) is 0.144. The highest BCUT2D eigenvalue weighted by molar-refractivity contribution is 7.52. The van der Waals surface area contributed by atoms with E-state index in [1.807, 2.05) is 0 Å². The predicted octanol–water partition coefficient (Wildman–Crippen LogP) is 5.79. The van der Waals surface area contributed by atoms with Gasteiger partial charge in [-0.25, -0.2) is 14.3 Å². The summed E-state index contributed by atoms with van der Waals surface area (Å²) < 4.78 is 53.1. The van der Waals surface area contributed by atoms with Gasteiger partial charge in [-0.3, -0.25) is 4.57 Å². The molecule has 0 aliphatic carbocycles. The number of methoxy groups -OCH3 is 2. The molecule has 13 heteroatoms. The molecular formula is C32H28F2N3O7P. The van der Waals surface area contributed by atoms with Gasteiger partial charge in [0.2, 0.25) is 0 Å². The summed E-state index contributed by atoms with van der Waals surface area (Å²) in [6.07, 6.45) is 0.763. The number of fused-ring (bicyclic) bond motifs is 1. The van der Waals surface area contributed by atoms with Gasteiger partial charge in [0.1, 0.15) is 5.52 Å². The minimum Gasteiger partial charge on any atom is -0.465 e. The number of alkyl halides is 2. The summed E-state index contributed by atoms with van der Waals surface area (Å²) in [5, 5.41) is 8.06. The van der Waals surface area contributed by atoms with Crippen molar-refractivity contribution in [1.82, 2.24) is 15.0 Å². The lowest BCUT2D eigenvalue weighted by Crippen LogP contribution is -2.18. The molecule has 2 N–H and O–H groups in total. The summed E-state index contributed by atoms with van der Waals surface area (Å²) >= 11 is 0. The van der Waals surface area contributed by atoms with Crippen LogP contribution in [0.1, 0.15) is 48.9 Å². The number of hydrogen-bond acceptors (Lipinski definition) is 7. The maximum atomic E-state index is 15.2. The highest BCUT2D eigenvalue weighted by Gasteiger charge is 2.52. The summed E-state index contributed by atoms with van der Waals surface area (Å²) in [6, 6.07) is 24.2. The van der Waals surface area contributed by atoms with Crippen LogP contribution in [0.15, 0.2) is 91.0 Å². The van der Waals surface area contributed by atoms with Crippen LogP contribution in [-0.4, -0.2) is 50.9 Å². The fraction of sp³-hybridized carbons (Fsp3) is 0.188. The zero-order chi connectivity index (χ0) is 32.4. The Morgan fingerprint density at radius 1 is 0.844 bits per heavy atom. The molecule has 10 nitrogen and oxygen atoms in total.